The highest BCUT2D eigenvalue weighted by atomic mass is 16.5. The summed E-state index contributed by atoms with van der Waals surface area (Å²) in [5, 5.41) is 0. The van der Waals surface area contributed by atoms with Crippen LogP contribution in [0.4, 0.5) is 0 Å². The number of hydrogen-bond donors (Lipinski definition) is 0. The second-order valence-electron chi connectivity index (χ2n) is 5.54. The third kappa shape index (κ3) is 3.27. The third-order valence-corrected chi connectivity index (χ3v) is 3.72. The first-order valence-electron chi connectivity index (χ1n) is 7.59. The molecule has 0 aliphatic heterocycles. The Kier molecular flexibility index (Phi) is 4.29. The lowest BCUT2D eigenvalue weighted by atomic mass is 10.0. The van der Waals surface area contributed by atoms with E-state index in [9.17, 15) is 9.59 Å². The van der Waals surface area contributed by atoms with E-state index in [1.54, 1.807) is 23.9 Å². The molecule has 4 heteroatoms. The van der Waals surface area contributed by atoms with E-state index in [1.807, 2.05) is 54.6 Å². The van der Waals surface area contributed by atoms with Crippen LogP contribution in [0.25, 0.3) is 11.1 Å². The first-order chi connectivity index (χ1) is 11.5. The zero-order valence-electron chi connectivity index (χ0n) is 13.5. The number of hydrogen-bond acceptors (Lipinski definition) is 3. The predicted molar refractivity (Wildman–Crippen MR) is 92.0 cm³/mol. The average Bonchev–Trinajstić information content (AvgIpc) is 2.95. The first-order valence-corrected chi connectivity index (χ1v) is 7.59. The van der Waals surface area contributed by atoms with Gasteiger partial charge in [0.05, 0.1) is 0 Å². The van der Waals surface area contributed by atoms with Crippen molar-refractivity contribution in [3.63, 3.8) is 0 Å². The van der Waals surface area contributed by atoms with Crippen molar-refractivity contribution < 1.29 is 14.3 Å². The monoisotopic (exact) mass is 319 g/mol. The molecule has 1 heterocycles. The van der Waals surface area contributed by atoms with Gasteiger partial charge in [-0.3, -0.25) is 9.59 Å². The van der Waals surface area contributed by atoms with E-state index in [0.717, 1.165) is 11.1 Å². The number of ether oxygens (including phenoxy) is 1. The summed E-state index contributed by atoms with van der Waals surface area (Å²) in [6.07, 6.45) is 1.66. The van der Waals surface area contributed by atoms with Gasteiger partial charge in [-0.05, 0) is 11.1 Å². The van der Waals surface area contributed by atoms with Crippen LogP contribution in [0.15, 0.2) is 66.9 Å². The predicted octanol–water partition coefficient (Wildman–Crippen LogP) is 3.85. The van der Waals surface area contributed by atoms with Crippen molar-refractivity contribution in [3.05, 3.63) is 78.0 Å². The topological polar surface area (TPSA) is 48.3 Å². The maximum Gasteiger partial charge on any atom is 0.309 e. The average molecular weight is 319 g/mol. The number of aromatic nitrogens is 1. The summed E-state index contributed by atoms with van der Waals surface area (Å²) in [5.41, 5.74) is 3.24. The van der Waals surface area contributed by atoms with E-state index in [-0.39, 0.29) is 5.78 Å². The number of benzene rings is 2. The van der Waals surface area contributed by atoms with Gasteiger partial charge in [-0.2, -0.15) is 0 Å². The maximum absolute atomic E-state index is 12.6. The molecule has 0 saturated heterocycles. The molecule has 120 valence electrons. The maximum atomic E-state index is 12.6. The van der Waals surface area contributed by atoms with Crippen molar-refractivity contribution in [1.29, 1.82) is 0 Å². The molecule has 0 fully saturated rings. The summed E-state index contributed by atoms with van der Waals surface area (Å²) >= 11 is 0. The molecule has 0 radical (unpaired) electrons. The second kappa shape index (κ2) is 6.54. The number of ketones is 1. The fourth-order valence-corrected chi connectivity index (χ4v) is 2.53. The SMILES string of the molecule is CC(=O)Oc1cc(C(=O)c2ccc(-c3ccccc3)cc2)cn1C. The van der Waals surface area contributed by atoms with E-state index in [1.165, 1.54) is 6.92 Å². The van der Waals surface area contributed by atoms with Crippen LogP contribution < -0.4 is 4.74 Å². The van der Waals surface area contributed by atoms with E-state index in [0.29, 0.717) is 17.0 Å². The molecule has 3 aromatic rings. The lowest BCUT2D eigenvalue weighted by Crippen LogP contribution is -2.04. The largest absolute Gasteiger partial charge is 0.409 e. The molecular weight excluding hydrogens is 302 g/mol. The van der Waals surface area contributed by atoms with Crippen molar-refractivity contribution in [2.75, 3.05) is 0 Å². The zero-order chi connectivity index (χ0) is 17.1. The first kappa shape index (κ1) is 15.7. The van der Waals surface area contributed by atoms with Gasteiger partial charge in [0.1, 0.15) is 0 Å². The lowest BCUT2D eigenvalue weighted by Gasteiger charge is -2.03. The second-order valence-corrected chi connectivity index (χ2v) is 5.54. The van der Waals surface area contributed by atoms with Crippen LogP contribution in [0, 0.1) is 0 Å². The van der Waals surface area contributed by atoms with Gasteiger partial charge in [0, 0.05) is 37.4 Å². The Hall–Kier alpha value is -3.14. The summed E-state index contributed by atoms with van der Waals surface area (Å²) < 4.78 is 6.68. The van der Waals surface area contributed by atoms with Gasteiger partial charge in [-0.1, -0.05) is 54.6 Å². The molecule has 4 nitrogen and oxygen atoms in total. The molecule has 24 heavy (non-hydrogen) atoms. The molecule has 1 aromatic heterocycles. The van der Waals surface area contributed by atoms with Crippen LogP contribution in [-0.4, -0.2) is 16.3 Å². The highest BCUT2D eigenvalue weighted by Crippen LogP contribution is 2.22. The Balaban J connectivity index is 1.84. The summed E-state index contributed by atoms with van der Waals surface area (Å²) in [7, 11) is 1.73. The van der Waals surface area contributed by atoms with Crippen LogP contribution >= 0.6 is 0 Å². The minimum atomic E-state index is -0.414. The molecule has 0 amide bonds. The Labute approximate surface area is 140 Å². The van der Waals surface area contributed by atoms with Gasteiger partial charge >= 0.3 is 5.97 Å². The summed E-state index contributed by atoms with van der Waals surface area (Å²) in [6, 6.07) is 19.0. The quantitative estimate of drug-likeness (QED) is 0.542. The number of esters is 1. The van der Waals surface area contributed by atoms with Gasteiger partial charge in [0.2, 0.25) is 5.88 Å². The van der Waals surface area contributed by atoms with E-state index < -0.39 is 5.97 Å². The number of carbonyl (C=O) groups is 2. The van der Waals surface area contributed by atoms with Crippen LogP contribution in [0.5, 0.6) is 5.88 Å². The molecular formula is C20H17NO3. The van der Waals surface area contributed by atoms with Crippen molar-refractivity contribution in [2.24, 2.45) is 7.05 Å². The molecule has 0 unspecified atom stereocenters. The Morgan fingerprint density at radius 1 is 0.875 bits per heavy atom. The fourth-order valence-electron chi connectivity index (χ4n) is 2.53. The summed E-state index contributed by atoms with van der Waals surface area (Å²) in [5.74, 6) is -0.169. The molecule has 0 N–H and O–H groups in total. The minimum absolute atomic E-state index is 0.108. The van der Waals surface area contributed by atoms with Crippen molar-refractivity contribution >= 4 is 11.8 Å². The van der Waals surface area contributed by atoms with Crippen molar-refractivity contribution in [2.45, 2.75) is 6.92 Å². The standard InChI is InChI=1S/C20H17NO3/c1-14(22)24-19-12-18(13-21(19)2)20(23)17-10-8-16(9-11-17)15-6-4-3-5-7-15/h3-13H,1-2H3. The Morgan fingerprint density at radius 2 is 1.50 bits per heavy atom. The molecule has 0 bridgehead atoms. The molecule has 0 aliphatic rings. The van der Waals surface area contributed by atoms with Gasteiger partial charge in [0.25, 0.3) is 0 Å². The van der Waals surface area contributed by atoms with Gasteiger partial charge < -0.3 is 9.30 Å². The van der Waals surface area contributed by atoms with E-state index >= 15 is 0 Å². The number of carbonyl (C=O) groups excluding carboxylic acids is 2. The number of nitrogens with zero attached hydrogens (tertiary/aromatic N) is 1. The molecule has 3 rings (SSSR count). The molecule has 0 saturated carbocycles. The van der Waals surface area contributed by atoms with Gasteiger partial charge in [-0.15, -0.1) is 0 Å². The number of aryl methyl sites for hydroxylation is 1. The minimum Gasteiger partial charge on any atom is -0.409 e. The summed E-state index contributed by atoms with van der Waals surface area (Å²) in [4.78, 5) is 23.7. The van der Waals surface area contributed by atoms with Gasteiger partial charge in [0.15, 0.2) is 5.78 Å². The lowest BCUT2D eigenvalue weighted by molar-refractivity contribution is -0.132. The van der Waals surface area contributed by atoms with E-state index in [2.05, 4.69) is 0 Å². The zero-order valence-corrected chi connectivity index (χ0v) is 13.5. The van der Waals surface area contributed by atoms with E-state index in [4.69, 9.17) is 4.74 Å². The van der Waals surface area contributed by atoms with Crippen molar-refractivity contribution in [1.82, 2.24) is 4.57 Å². The highest BCUT2D eigenvalue weighted by Gasteiger charge is 2.14. The van der Waals surface area contributed by atoms with Crippen LogP contribution in [0.1, 0.15) is 22.8 Å². The molecule has 0 spiro atoms. The smallest absolute Gasteiger partial charge is 0.309 e. The Morgan fingerprint density at radius 3 is 2.12 bits per heavy atom. The highest BCUT2D eigenvalue weighted by molar-refractivity contribution is 6.09. The molecule has 0 aliphatic carbocycles. The van der Waals surface area contributed by atoms with Crippen LogP contribution in [0.2, 0.25) is 0 Å². The molecule has 2 aromatic carbocycles. The molecule has 0 atom stereocenters. The fraction of sp³-hybridized carbons (Fsp3) is 0.100. The van der Waals surface area contributed by atoms with Crippen molar-refractivity contribution in [3.8, 4) is 17.0 Å². The summed E-state index contributed by atoms with van der Waals surface area (Å²) in [6.45, 7) is 1.33. The van der Waals surface area contributed by atoms with Gasteiger partial charge in [-0.25, -0.2) is 0 Å². The normalized spacial score (nSPS) is 10.4. The van der Waals surface area contributed by atoms with Crippen LogP contribution in [0.3, 0.4) is 0 Å². The number of rotatable bonds is 4. The third-order valence-electron chi connectivity index (χ3n) is 3.72. The Bertz CT molecular complexity index is 877. The van der Waals surface area contributed by atoms with Crippen LogP contribution in [-0.2, 0) is 11.8 Å².